The molecular formula is C17H13ClN2O3S3. The molecule has 3 rings (SSSR count). The summed E-state index contributed by atoms with van der Waals surface area (Å²) in [6, 6.07) is 12.2. The largest absolute Gasteiger partial charge is 0.294 e. The van der Waals surface area contributed by atoms with Crippen LogP contribution in [0.1, 0.15) is 5.56 Å². The summed E-state index contributed by atoms with van der Waals surface area (Å²) < 4.78 is 29.2. The van der Waals surface area contributed by atoms with Gasteiger partial charge in [-0.3, -0.25) is 9.69 Å². The van der Waals surface area contributed by atoms with Gasteiger partial charge in [0, 0.05) is 6.54 Å². The highest BCUT2D eigenvalue weighted by Crippen LogP contribution is 2.34. The Kier molecular flexibility index (Phi) is 5.67. The van der Waals surface area contributed by atoms with Crippen molar-refractivity contribution in [1.29, 1.82) is 0 Å². The van der Waals surface area contributed by atoms with Crippen LogP contribution in [0.5, 0.6) is 0 Å². The number of thiophene rings is 1. The number of carbonyl (C=O) groups is 1. The lowest BCUT2D eigenvalue weighted by Crippen LogP contribution is -2.29. The van der Waals surface area contributed by atoms with E-state index in [0.717, 1.165) is 28.7 Å². The van der Waals surface area contributed by atoms with Gasteiger partial charge in [-0.2, -0.15) is 8.42 Å². The fraction of sp³-hybridized carbons (Fsp3) is 0.0588. The Morgan fingerprint density at radius 3 is 2.54 bits per heavy atom. The highest BCUT2D eigenvalue weighted by Gasteiger charge is 2.34. The Labute approximate surface area is 164 Å². The van der Waals surface area contributed by atoms with E-state index in [-0.39, 0.29) is 21.8 Å². The first-order valence-electron chi connectivity index (χ1n) is 7.38. The number of sulfonamides is 1. The quantitative estimate of drug-likeness (QED) is 0.531. The van der Waals surface area contributed by atoms with Crippen LogP contribution in [0.25, 0.3) is 6.08 Å². The van der Waals surface area contributed by atoms with Crippen molar-refractivity contribution >= 4 is 61.9 Å². The molecule has 9 heteroatoms. The maximum atomic E-state index is 12.6. The normalized spacial score (nSPS) is 18.0. The van der Waals surface area contributed by atoms with Crippen LogP contribution in [-0.4, -0.2) is 30.9 Å². The van der Waals surface area contributed by atoms with E-state index in [1.807, 2.05) is 30.3 Å². The van der Waals surface area contributed by atoms with Crippen LogP contribution in [-0.2, 0) is 14.8 Å². The molecule has 1 amide bonds. The number of hydrogen-bond acceptors (Lipinski definition) is 5. The van der Waals surface area contributed by atoms with Crippen LogP contribution >= 0.6 is 34.7 Å². The summed E-state index contributed by atoms with van der Waals surface area (Å²) >= 11 is 7.75. The number of halogens is 1. The van der Waals surface area contributed by atoms with Crippen molar-refractivity contribution in [2.75, 3.05) is 6.54 Å². The van der Waals surface area contributed by atoms with Crippen molar-refractivity contribution in [1.82, 2.24) is 4.90 Å². The first-order valence-corrected chi connectivity index (χ1v) is 10.8. The lowest BCUT2D eigenvalue weighted by atomic mass is 10.2. The molecule has 0 radical (unpaired) electrons. The lowest BCUT2D eigenvalue weighted by Gasteiger charge is -2.12. The second kappa shape index (κ2) is 7.79. The Morgan fingerprint density at radius 2 is 1.92 bits per heavy atom. The van der Waals surface area contributed by atoms with E-state index in [9.17, 15) is 13.2 Å². The summed E-state index contributed by atoms with van der Waals surface area (Å²) in [5.41, 5.74) is 0.844. The first-order chi connectivity index (χ1) is 12.4. The molecule has 1 saturated heterocycles. The molecular weight excluding hydrogens is 412 g/mol. The molecule has 0 N–H and O–H groups in total. The predicted molar refractivity (Wildman–Crippen MR) is 108 cm³/mol. The Balaban J connectivity index is 1.99. The summed E-state index contributed by atoms with van der Waals surface area (Å²) in [6.45, 7) is 3.78. The van der Waals surface area contributed by atoms with Crippen LogP contribution in [0.2, 0.25) is 4.34 Å². The summed E-state index contributed by atoms with van der Waals surface area (Å²) in [7, 11) is -3.95. The maximum absolute atomic E-state index is 12.6. The topological polar surface area (TPSA) is 66.8 Å². The second-order valence-corrected chi connectivity index (χ2v) is 9.69. The summed E-state index contributed by atoms with van der Waals surface area (Å²) in [6.07, 6.45) is 3.23. The highest BCUT2D eigenvalue weighted by atomic mass is 35.5. The molecule has 0 aliphatic carbocycles. The standard InChI is InChI=1S/C17H13ClN2O3S3/c1-2-10-20-16(21)13(11-12-6-4-3-5-7-12)24-17(20)19-26(22,23)15-9-8-14(18)25-15/h2-9,11H,1,10H2/b13-11-,19-17+. The van der Waals surface area contributed by atoms with Gasteiger partial charge in [0.2, 0.25) is 0 Å². The molecule has 1 aliphatic rings. The van der Waals surface area contributed by atoms with E-state index in [2.05, 4.69) is 11.0 Å². The zero-order valence-corrected chi connectivity index (χ0v) is 16.5. The minimum atomic E-state index is -3.95. The number of benzene rings is 1. The van der Waals surface area contributed by atoms with Crippen molar-refractivity contribution in [3.05, 3.63) is 69.9 Å². The molecule has 1 aromatic carbocycles. The van der Waals surface area contributed by atoms with Crippen LogP contribution < -0.4 is 0 Å². The third kappa shape index (κ3) is 4.09. The van der Waals surface area contributed by atoms with Crippen molar-refractivity contribution in [2.45, 2.75) is 4.21 Å². The van der Waals surface area contributed by atoms with Gasteiger partial charge in [-0.05, 0) is 35.5 Å². The van der Waals surface area contributed by atoms with E-state index in [1.54, 1.807) is 6.08 Å². The third-order valence-electron chi connectivity index (χ3n) is 3.30. The van der Waals surface area contributed by atoms with Gasteiger partial charge in [-0.15, -0.1) is 22.3 Å². The molecule has 134 valence electrons. The monoisotopic (exact) mass is 424 g/mol. The van der Waals surface area contributed by atoms with Crippen molar-refractivity contribution in [2.24, 2.45) is 4.40 Å². The van der Waals surface area contributed by atoms with Gasteiger partial charge in [-0.25, -0.2) is 0 Å². The van der Waals surface area contributed by atoms with Gasteiger partial charge in [0.05, 0.1) is 9.24 Å². The maximum Gasteiger partial charge on any atom is 0.294 e. The van der Waals surface area contributed by atoms with Crippen LogP contribution in [0, 0.1) is 0 Å². The van der Waals surface area contributed by atoms with Gasteiger partial charge in [0.1, 0.15) is 4.21 Å². The molecule has 0 bridgehead atoms. The summed E-state index contributed by atoms with van der Waals surface area (Å²) in [4.78, 5) is 14.3. The molecule has 0 unspecified atom stereocenters. The van der Waals surface area contributed by atoms with Gasteiger partial charge < -0.3 is 0 Å². The fourth-order valence-electron chi connectivity index (χ4n) is 2.15. The van der Waals surface area contributed by atoms with Gasteiger partial charge >= 0.3 is 0 Å². The molecule has 0 saturated carbocycles. The molecule has 1 aromatic heterocycles. The Hall–Kier alpha value is -1.87. The zero-order chi connectivity index (χ0) is 18.7. The van der Waals surface area contributed by atoms with E-state index < -0.39 is 10.0 Å². The second-order valence-electron chi connectivity index (χ2n) is 5.13. The number of hydrogen-bond donors (Lipinski definition) is 0. The number of amidine groups is 1. The van der Waals surface area contributed by atoms with E-state index in [4.69, 9.17) is 11.6 Å². The van der Waals surface area contributed by atoms with E-state index in [0.29, 0.717) is 9.24 Å². The number of rotatable bonds is 5. The molecule has 0 atom stereocenters. The molecule has 1 fully saturated rings. The van der Waals surface area contributed by atoms with E-state index in [1.165, 1.54) is 23.1 Å². The minimum Gasteiger partial charge on any atom is -0.282 e. The SMILES string of the molecule is C=CCN1C(=O)/C(=C/c2ccccc2)S/C1=N/S(=O)(=O)c1ccc(Cl)s1. The van der Waals surface area contributed by atoms with Gasteiger partial charge in [0.15, 0.2) is 5.17 Å². The van der Waals surface area contributed by atoms with Crippen LogP contribution in [0.4, 0.5) is 0 Å². The minimum absolute atomic E-state index is 0.0297. The van der Waals surface area contributed by atoms with Crippen molar-refractivity contribution < 1.29 is 13.2 Å². The molecule has 5 nitrogen and oxygen atoms in total. The average Bonchev–Trinajstić information content (AvgIpc) is 3.16. The molecule has 2 heterocycles. The van der Waals surface area contributed by atoms with Gasteiger partial charge in [0.25, 0.3) is 15.9 Å². The average molecular weight is 425 g/mol. The third-order valence-corrected chi connectivity index (χ3v) is 7.39. The lowest BCUT2D eigenvalue weighted by molar-refractivity contribution is -0.121. The number of nitrogens with zero attached hydrogens (tertiary/aromatic N) is 2. The zero-order valence-electron chi connectivity index (χ0n) is 13.3. The molecule has 1 aliphatic heterocycles. The van der Waals surface area contributed by atoms with Crippen molar-refractivity contribution in [3.63, 3.8) is 0 Å². The molecule has 2 aromatic rings. The van der Waals surface area contributed by atoms with Crippen LogP contribution in [0.3, 0.4) is 0 Å². The number of carbonyl (C=O) groups excluding carboxylic acids is 1. The fourth-order valence-corrected chi connectivity index (χ4v) is 5.80. The summed E-state index contributed by atoms with van der Waals surface area (Å²) in [5.74, 6) is -0.308. The number of amides is 1. The summed E-state index contributed by atoms with van der Waals surface area (Å²) in [5, 5.41) is 0.0987. The van der Waals surface area contributed by atoms with Crippen molar-refractivity contribution in [3.8, 4) is 0 Å². The Bertz CT molecular complexity index is 1010. The smallest absolute Gasteiger partial charge is 0.282 e. The molecule has 26 heavy (non-hydrogen) atoms. The van der Waals surface area contributed by atoms with Crippen LogP contribution in [0.15, 0.2) is 68.6 Å². The highest BCUT2D eigenvalue weighted by molar-refractivity contribution is 8.19. The number of thioether (sulfide) groups is 1. The Morgan fingerprint density at radius 1 is 1.19 bits per heavy atom. The van der Waals surface area contributed by atoms with Gasteiger partial charge in [-0.1, -0.05) is 48.0 Å². The predicted octanol–water partition coefficient (Wildman–Crippen LogP) is 4.25. The first kappa shape index (κ1) is 18.9. The van der Waals surface area contributed by atoms with E-state index >= 15 is 0 Å². The molecule has 0 spiro atoms.